The summed E-state index contributed by atoms with van der Waals surface area (Å²) >= 11 is 0. The molecule has 0 aliphatic carbocycles. The molecule has 3 aromatic carbocycles. The van der Waals surface area contributed by atoms with E-state index in [0.29, 0.717) is 22.3 Å². The molecule has 8 nitrogen and oxygen atoms in total. The third kappa shape index (κ3) is 5.97. The summed E-state index contributed by atoms with van der Waals surface area (Å²) in [6, 6.07) is 21.4. The van der Waals surface area contributed by atoms with E-state index in [1.165, 1.54) is 12.1 Å². The van der Waals surface area contributed by atoms with Crippen LogP contribution >= 0.6 is 0 Å². The van der Waals surface area contributed by atoms with Gasteiger partial charge in [0.15, 0.2) is 11.9 Å². The van der Waals surface area contributed by atoms with E-state index < -0.39 is 17.2 Å². The second-order valence-electron chi connectivity index (χ2n) is 6.64. The number of aliphatic hydroxyl groups excluding tert-OH is 1. The Labute approximate surface area is 177 Å². The molecule has 158 valence electrons. The van der Waals surface area contributed by atoms with Gasteiger partial charge in [0.25, 0.3) is 5.09 Å². The molecule has 0 saturated heterocycles. The lowest BCUT2D eigenvalue weighted by Crippen LogP contribution is -2.16. The maximum Gasteiger partial charge on any atom is 0.339 e. The van der Waals surface area contributed by atoms with Gasteiger partial charge >= 0.3 is 5.97 Å². The molecule has 1 N–H and O–H groups in total. The van der Waals surface area contributed by atoms with Crippen molar-refractivity contribution in [1.29, 1.82) is 0 Å². The van der Waals surface area contributed by atoms with Crippen LogP contribution in [0.15, 0.2) is 78.9 Å². The zero-order chi connectivity index (χ0) is 22.2. The minimum atomic E-state index is -1.55. The second kappa shape index (κ2) is 10.1. The molecule has 31 heavy (non-hydrogen) atoms. The van der Waals surface area contributed by atoms with Crippen LogP contribution in [0.5, 0.6) is 0 Å². The van der Waals surface area contributed by atoms with Gasteiger partial charge in [-0.15, -0.1) is 10.1 Å². The molecule has 0 bridgehead atoms. The molecule has 0 radical (unpaired) electrons. The zero-order valence-corrected chi connectivity index (χ0v) is 16.3. The summed E-state index contributed by atoms with van der Waals surface area (Å²) < 4.78 is 5.15. The fraction of sp³-hybridized carbons (Fsp3) is 0.130. The van der Waals surface area contributed by atoms with Crippen molar-refractivity contribution in [2.45, 2.75) is 19.3 Å². The highest BCUT2D eigenvalue weighted by atomic mass is 16.9. The van der Waals surface area contributed by atoms with Gasteiger partial charge in [-0.05, 0) is 22.8 Å². The third-order valence-corrected chi connectivity index (χ3v) is 4.46. The van der Waals surface area contributed by atoms with Crippen LogP contribution in [0.4, 0.5) is 0 Å². The summed E-state index contributed by atoms with van der Waals surface area (Å²) in [6.45, 7) is -0.265. The van der Waals surface area contributed by atoms with Crippen molar-refractivity contribution in [3.63, 3.8) is 0 Å². The summed E-state index contributed by atoms with van der Waals surface area (Å²) in [5.74, 6) is -1.07. The first kappa shape index (κ1) is 21.7. The molecule has 3 rings (SSSR count). The number of ketones is 1. The minimum absolute atomic E-state index is 0.0884. The van der Waals surface area contributed by atoms with Crippen LogP contribution in [0.1, 0.15) is 38.7 Å². The molecule has 0 amide bonds. The Kier molecular flexibility index (Phi) is 7.08. The number of ether oxygens (including phenoxy) is 1. The number of nitrogens with zero attached hydrogens (tertiary/aromatic N) is 1. The lowest BCUT2D eigenvalue weighted by atomic mass is 9.99. The Morgan fingerprint density at radius 3 is 2.13 bits per heavy atom. The Hall–Kier alpha value is -4.04. The molecular weight excluding hydrogens is 402 g/mol. The Bertz CT molecular complexity index is 1060. The molecule has 1 unspecified atom stereocenters. The van der Waals surface area contributed by atoms with Crippen molar-refractivity contribution in [2.75, 3.05) is 0 Å². The number of benzene rings is 3. The highest BCUT2D eigenvalue weighted by molar-refractivity contribution is 6.09. The molecule has 0 spiro atoms. The van der Waals surface area contributed by atoms with Gasteiger partial charge in [-0.3, -0.25) is 4.79 Å². The van der Waals surface area contributed by atoms with Crippen LogP contribution in [-0.2, 0) is 27.6 Å². The fourth-order valence-corrected chi connectivity index (χ4v) is 2.83. The molecule has 0 fully saturated rings. The number of hydrogen-bond donors (Lipinski definition) is 1. The van der Waals surface area contributed by atoms with Gasteiger partial charge in [-0.2, -0.15) is 0 Å². The summed E-state index contributed by atoms with van der Waals surface area (Å²) in [5.41, 5.74) is 2.33. The molecule has 8 heteroatoms. The lowest BCUT2D eigenvalue weighted by Gasteiger charge is -2.12. The maximum atomic E-state index is 12.6. The van der Waals surface area contributed by atoms with E-state index in [9.17, 15) is 24.8 Å². The number of hydrogen-bond acceptors (Lipinski definition) is 7. The smallest absolute Gasteiger partial charge is 0.339 e. The molecule has 0 saturated carbocycles. The predicted molar refractivity (Wildman–Crippen MR) is 109 cm³/mol. The number of aliphatic hydroxyl groups is 1. The van der Waals surface area contributed by atoms with E-state index >= 15 is 0 Å². The maximum absolute atomic E-state index is 12.6. The summed E-state index contributed by atoms with van der Waals surface area (Å²) in [4.78, 5) is 39.3. The first-order valence-corrected chi connectivity index (χ1v) is 9.33. The Morgan fingerprint density at radius 2 is 1.48 bits per heavy atom. The average Bonchev–Trinajstić information content (AvgIpc) is 2.81. The number of rotatable bonds is 9. The molecular formula is C23H19NO7. The van der Waals surface area contributed by atoms with Crippen LogP contribution in [-0.4, -0.2) is 21.9 Å². The molecule has 1 atom stereocenters. The summed E-state index contributed by atoms with van der Waals surface area (Å²) in [7, 11) is 0. The van der Waals surface area contributed by atoms with Crippen LogP contribution < -0.4 is 0 Å². The van der Waals surface area contributed by atoms with Crippen molar-refractivity contribution in [1.82, 2.24) is 0 Å². The van der Waals surface area contributed by atoms with E-state index in [-0.39, 0.29) is 24.6 Å². The monoisotopic (exact) mass is 421 g/mol. The standard InChI is InChI=1S/C23H19NO7/c25-21(18-5-2-1-3-6-18)19-7-4-8-20(13-19)22(26)23(27)30-14-16-9-11-17(12-10-16)15-31-24(28)29/h1-13,22,26H,14-15H2. The summed E-state index contributed by atoms with van der Waals surface area (Å²) in [5, 5.41) is 19.7. The van der Waals surface area contributed by atoms with E-state index in [4.69, 9.17) is 4.74 Å². The average molecular weight is 421 g/mol. The van der Waals surface area contributed by atoms with Crippen molar-refractivity contribution < 1.29 is 29.4 Å². The second-order valence-corrected chi connectivity index (χ2v) is 6.64. The van der Waals surface area contributed by atoms with Gasteiger partial charge in [0.2, 0.25) is 0 Å². The van der Waals surface area contributed by atoms with E-state index in [1.807, 2.05) is 0 Å². The van der Waals surface area contributed by atoms with Crippen molar-refractivity contribution in [3.8, 4) is 0 Å². The summed E-state index contributed by atoms with van der Waals surface area (Å²) in [6.07, 6.45) is -1.55. The van der Waals surface area contributed by atoms with E-state index in [2.05, 4.69) is 4.84 Å². The first-order valence-electron chi connectivity index (χ1n) is 9.33. The Morgan fingerprint density at radius 1 is 0.871 bits per heavy atom. The number of carbonyl (C=O) groups is 2. The van der Waals surface area contributed by atoms with Crippen LogP contribution in [0, 0.1) is 10.1 Å². The molecule has 0 aromatic heterocycles. The quantitative estimate of drug-likeness (QED) is 0.244. The lowest BCUT2D eigenvalue weighted by molar-refractivity contribution is -0.763. The number of esters is 1. The van der Waals surface area contributed by atoms with Crippen LogP contribution in [0.25, 0.3) is 0 Å². The Balaban J connectivity index is 1.60. The normalized spacial score (nSPS) is 11.4. The molecule has 0 heterocycles. The number of carbonyl (C=O) groups excluding carboxylic acids is 2. The molecule has 0 aliphatic rings. The zero-order valence-electron chi connectivity index (χ0n) is 16.3. The predicted octanol–water partition coefficient (Wildman–Crippen LogP) is 3.40. The van der Waals surface area contributed by atoms with Crippen LogP contribution in [0.3, 0.4) is 0 Å². The highest BCUT2D eigenvalue weighted by Crippen LogP contribution is 2.19. The topological polar surface area (TPSA) is 116 Å². The van der Waals surface area contributed by atoms with Crippen molar-refractivity contribution >= 4 is 11.8 Å². The molecule has 3 aromatic rings. The molecule has 0 aliphatic heterocycles. The van der Waals surface area contributed by atoms with Crippen molar-refractivity contribution in [3.05, 3.63) is 117 Å². The van der Waals surface area contributed by atoms with E-state index in [1.54, 1.807) is 66.7 Å². The minimum Gasteiger partial charge on any atom is -0.459 e. The van der Waals surface area contributed by atoms with Gasteiger partial charge in [0.05, 0.1) is 0 Å². The van der Waals surface area contributed by atoms with Gasteiger partial charge in [-0.25, -0.2) is 4.79 Å². The fourth-order valence-electron chi connectivity index (χ4n) is 2.83. The van der Waals surface area contributed by atoms with Gasteiger partial charge < -0.3 is 14.7 Å². The van der Waals surface area contributed by atoms with E-state index in [0.717, 1.165) is 0 Å². The highest BCUT2D eigenvalue weighted by Gasteiger charge is 2.20. The van der Waals surface area contributed by atoms with Gasteiger partial charge in [0, 0.05) is 11.1 Å². The largest absolute Gasteiger partial charge is 0.459 e. The SMILES string of the molecule is O=C(c1ccccc1)c1cccc(C(O)C(=O)OCc2ccc(CO[N+](=O)[O-])cc2)c1. The van der Waals surface area contributed by atoms with Crippen LogP contribution in [0.2, 0.25) is 0 Å². The third-order valence-electron chi connectivity index (χ3n) is 4.46. The van der Waals surface area contributed by atoms with Gasteiger partial charge in [0.1, 0.15) is 13.2 Å². The van der Waals surface area contributed by atoms with Gasteiger partial charge in [-0.1, -0.05) is 72.8 Å². The first-order chi connectivity index (χ1) is 14.9. The van der Waals surface area contributed by atoms with Crippen molar-refractivity contribution in [2.24, 2.45) is 0 Å².